The van der Waals surface area contributed by atoms with Gasteiger partial charge >= 0.3 is 0 Å². The number of hydrogen-bond acceptors (Lipinski definition) is 7. The van der Waals surface area contributed by atoms with Crippen molar-refractivity contribution in [2.24, 2.45) is 12.0 Å². The monoisotopic (exact) mass is 421 g/mol. The number of rotatable bonds is 4. The third-order valence-corrected chi connectivity index (χ3v) is 6.01. The zero-order valence-corrected chi connectivity index (χ0v) is 17.7. The molecule has 0 unspecified atom stereocenters. The average molecular weight is 421 g/mol. The van der Waals surface area contributed by atoms with Crippen molar-refractivity contribution in [3.63, 3.8) is 0 Å². The van der Waals surface area contributed by atoms with E-state index in [0.717, 1.165) is 28.2 Å². The van der Waals surface area contributed by atoms with Crippen LogP contribution in [0.1, 0.15) is 16.8 Å². The zero-order chi connectivity index (χ0) is 21.7. The molecule has 0 saturated carbocycles. The molecule has 3 aromatic rings. The number of fused-ring (bicyclic) bond motifs is 1. The Kier molecular flexibility index (Phi) is 4.79. The van der Waals surface area contributed by atoms with Gasteiger partial charge < -0.3 is 14.9 Å². The Morgan fingerprint density at radius 3 is 2.68 bits per heavy atom. The zero-order valence-electron chi connectivity index (χ0n) is 17.7. The Hall–Kier alpha value is -3.17. The summed E-state index contributed by atoms with van der Waals surface area (Å²) in [6.07, 6.45) is 4.52. The van der Waals surface area contributed by atoms with Crippen molar-refractivity contribution in [1.82, 2.24) is 24.6 Å². The van der Waals surface area contributed by atoms with Crippen LogP contribution in [-0.4, -0.2) is 74.8 Å². The summed E-state index contributed by atoms with van der Waals surface area (Å²) in [5, 5.41) is 14.5. The van der Waals surface area contributed by atoms with E-state index in [0.29, 0.717) is 30.9 Å². The molecule has 160 valence electrons. The van der Waals surface area contributed by atoms with Gasteiger partial charge in [-0.2, -0.15) is 5.10 Å². The number of aromatic nitrogens is 4. The predicted molar refractivity (Wildman–Crippen MR) is 116 cm³/mol. The first-order valence-corrected chi connectivity index (χ1v) is 10.2. The summed E-state index contributed by atoms with van der Waals surface area (Å²) in [7, 11) is 5.73. The molecule has 8 nitrogen and oxygen atoms in total. The second-order valence-electron chi connectivity index (χ2n) is 8.32. The largest absolute Gasteiger partial charge is 0.390 e. The number of halogens is 1. The van der Waals surface area contributed by atoms with Gasteiger partial charge in [0.05, 0.1) is 36.3 Å². The lowest BCUT2D eigenvalue weighted by atomic mass is 9.97. The summed E-state index contributed by atoms with van der Waals surface area (Å²) in [5.41, 5.74) is 4.34. The minimum absolute atomic E-state index is 0.0491. The summed E-state index contributed by atoms with van der Waals surface area (Å²) in [6.45, 7) is 1.61. The van der Waals surface area contributed by atoms with Crippen LogP contribution in [-0.2, 0) is 13.6 Å². The standard InChI is InChI=1S/C22H24FN7O/c1-28(2)19-10-30(11-20(19)31)21-6-18(25-12-26-21)22-16-5-15(14-8-27-29(3)9-14)17(23)4-13(16)7-24-22/h4-6,8-9,12,19-20,31H,7,10-11H2,1-3H3/t19-,20-/m1/s1. The number of anilines is 1. The van der Waals surface area contributed by atoms with E-state index >= 15 is 0 Å². The summed E-state index contributed by atoms with van der Waals surface area (Å²) < 4.78 is 16.4. The van der Waals surface area contributed by atoms with Crippen LogP contribution in [0, 0.1) is 5.82 Å². The minimum atomic E-state index is -0.442. The molecule has 2 aliphatic heterocycles. The molecule has 0 bridgehead atoms. The van der Waals surface area contributed by atoms with Crippen LogP contribution in [0.3, 0.4) is 0 Å². The Labute approximate surface area is 179 Å². The molecule has 2 atom stereocenters. The molecule has 1 N–H and O–H groups in total. The highest BCUT2D eigenvalue weighted by Gasteiger charge is 2.34. The molecule has 0 radical (unpaired) electrons. The molecule has 2 aromatic heterocycles. The van der Waals surface area contributed by atoms with Crippen LogP contribution in [0.4, 0.5) is 10.2 Å². The molecule has 1 fully saturated rings. The number of β-amino-alcohol motifs (C(OH)–C–C–N with tert-alkyl or cyclic N) is 1. The Bertz CT molecular complexity index is 1170. The Morgan fingerprint density at radius 1 is 1.13 bits per heavy atom. The van der Waals surface area contributed by atoms with Gasteiger partial charge in [-0.25, -0.2) is 14.4 Å². The highest BCUT2D eigenvalue weighted by molar-refractivity contribution is 6.14. The molecule has 1 saturated heterocycles. The van der Waals surface area contributed by atoms with Gasteiger partial charge in [-0.1, -0.05) is 0 Å². The molecule has 0 spiro atoms. The summed E-state index contributed by atoms with van der Waals surface area (Å²) in [5.74, 6) is 0.464. The topological polar surface area (TPSA) is 82.7 Å². The van der Waals surface area contributed by atoms with Crippen molar-refractivity contribution in [1.29, 1.82) is 0 Å². The van der Waals surface area contributed by atoms with Gasteiger partial charge in [-0.15, -0.1) is 0 Å². The minimum Gasteiger partial charge on any atom is -0.390 e. The molecule has 4 heterocycles. The van der Waals surface area contributed by atoms with E-state index in [4.69, 9.17) is 0 Å². The van der Waals surface area contributed by atoms with Crippen molar-refractivity contribution in [2.45, 2.75) is 18.7 Å². The number of aliphatic hydroxyl groups is 1. The first-order chi connectivity index (χ1) is 14.9. The summed E-state index contributed by atoms with van der Waals surface area (Å²) in [4.78, 5) is 17.6. The van der Waals surface area contributed by atoms with Crippen molar-refractivity contribution in [2.75, 3.05) is 32.1 Å². The molecule has 31 heavy (non-hydrogen) atoms. The van der Waals surface area contributed by atoms with E-state index in [1.165, 1.54) is 6.33 Å². The SMILES string of the molecule is CN(C)[C@@H]1CN(c2cc(C3=NCc4cc(F)c(-c5cnn(C)c5)cc43)ncn2)C[C@H]1O. The number of aryl methyl sites for hydroxylation is 1. The van der Waals surface area contributed by atoms with E-state index in [9.17, 15) is 9.50 Å². The highest BCUT2D eigenvalue weighted by atomic mass is 19.1. The van der Waals surface area contributed by atoms with Gasteiger partial charge in [0.25, 0.3) is 0 Å². The number of aliphatic imine (C=N–C) groups is 1. The molecule has 9 heteroatoms. The van der Waals surface area contributed by atoms with Crippen molar-refractivity contribution in [3.8, 4) is 11.1 Å². The molecular weight excluding hydrogens is 397 g/mol. The average Bonchev–Trinajstić information content (AvgIpc) is 3.45. The van der Waals surface area contributed by atoms with Crippen LogP contribution < -0.4 is 4.90 Å². The van der Waals surface area contributed by atoms with Gasteiger partial charge in [0.15, 0.2) is 0 Å². The number of benzene rings is 1. The molecule has 2 aliphatic rings. The number of hydrogen-bond donors (Lipinski definition) is 1. The summed E-state index contributed by atoms with van der Waals surface area (Å²) >= 11 is 0. The Balaban J connectivity index is 1.48. The van der Waals surface area contributed by atoms with Gasteiger partial charge in [0.1, 0.15) is 18.0 Å². The van der Waals surface area contributed by atoms with Crippen LogP contribution in [0.15, 0.2) is 41.9 Å². The second kappa shape index (κ2) is 7.51. The number of nitrogens with zero attached hydrogens (tertiary/aromatic N) is 7. The number of aliphatic hydroxyl groups excluding tert-OH is 1. The highest BCUT2D eigenvalue weighted by Crippen LogP contribution is 2.31. The molecule has 1 aromatic carbocycles. The smallest absolute Gasteiger partial charge is 0.132 e. The van der Waals surface area contributed by atoms with Crippen LogP contribution >= 0.6 is 0 Å². The lowest BCUT2D eigenvalue weighted by Gasteiger charge is -2.22. The predicted octanol–water partition coefficient (Wildman–Crippen LogP) is 1.48. The van der Waals surface area contributed by atoms with E-state index < -0.39 is 6.10 Å². The Morgan fingerprint density at radius 2 is 1.97 bits per heavy atom. The van der Waals surface area contributed by atoms with E-state index in [1.54, 1.807) is 30.2 Å². The van der Waals surface area contributed by atoms with Crippen LogP contribution in [0.25, 0.3) is 11.1 Å². The molecule has 0 amide bonds. The summed E-state index contributed by atoms with van der Waals surface area (Å²) in [6, 6.07) is 5.32. The number of likely N-dealkylation sites (N-methyl/N-ethyl adjacent to an activating group) is 1. The van der Waals surface area contributed by atoms with Crippen LogP contribution in [0.5, 0.6) is 0 Å². The van der Waals surface area contributed by atoms with Gasteiger partial charge in [-0.3, -0.25) is 9.67 Å². The lowest BCUT2D eigenvalue weighted by molar-refractivity contribution is 0.114. The third-order valence-electron chi connectivity index (χ3n) is 6.01. The first kappa shape index (κ1) is 19.8. The van der Waals surface area contributed by atoms with Crippen molar-refractivity contribution >= 4 is 11.5 Å². The van der Waals surface area contributed by atoms with Crippen molar-refractivity contribution < 1.29 is 9.50 Å². The molecule has 5 rings (SSSR count). The van der Waals surface area contributed by atoms with Gasteiger partial charge in [0, 0.05) is 49.1 Å². The van der Waals surface area contributed by atoms with Gasteiger partial charge in [0.2, 0.25) is 0 Å². The third kappa shape index (κ3) is 3.49. The van der Waals surface area contributed by atoms with Crippen molar-refractivity contribution in [3.05, 3.63) is 59.6 Å². The maximum Gasteiger partial charge on any atom is 0.132 e. The maximum atomic E-state index is 14.7. The molecular formula is C22H24FN7O. The van der Waals surface area contributed by atoms with E-state index in [-0.39, 0.29) is 11.9 Å². The second-order valence-corrected chi connectivity index (χ2v) is 8.32. The fourth-order valence-corrected chi connectivity index (χ4v) is 4.33. The maximum absolute atomic E-state index is 14.7. The molecule has 0 aliphatic carbocycles. The van der Waals surface area contributed by atoms with E-state index in [2.05, 4.69) is 25.0 Å². The van der Waals surface area contributed by atoms with Crippen LogP contribution in [0.2, 0.25) is 0 Å². The lowest BCUT2D eigenvalue weighted by Crippen LogP contribution is -2.38. The van der Waals surface area contributed by atoms with Gasteiger partial charge in [-0.05, 0) is 31.8 Å². The first-order valence-electron chi connectivity index (χ1n) is 10.2. The van der Waals surface area contributed by atoms with E-state index in [1.807, 2.05) is 31.1 Å². The quantitative estimate of drug-likeness (QED) is 0.687. The fourth-order valence-electron chi connectivity index (χ4n) is 4.33. The normalized spacial score (nSPS) is 20.5. The fraction of sp³-hybridized carbons (Fsp3) is 0.364.